The van der Waals surface area contributed by atoms with Crippen molar-refractivity contribution in [2.24, 2.45) is 0 Å². The van der Waals surface area contributed by atoms with E-state index in [4.69, 9.17) is 4.52 Å². The fraction of sp³-hybridized carbons (Fsp3) is 0.385. The predicted octanol–water partition coefficient (Wildman–Crippen LogP) is 2.61. The molecular formula is C13H17N3OS. The number of aromatic nitrogens is 2. The first-order valence-corrected chi connectivity index (χ1v) is 7.17. The highest BCUT2D eigenvalue weighted by atomic mass is 32.2. The van der Waals surface area contributed by atoms with E-state index in [1.54, 1.807) is 11.8 Å². The van der Waals surface area contributed by atoms with E-state index in [2.05, 4.69) is 33.8 Å². The maximum atomic E-state index is 5.23. The van der Waals surface area contributed by atoms with Gasteiger partial charge in [0.1, 0.15) is 0 Å². The molecule has 0 amide bonds. The van der Waals surface area contributed by atoms with Gasteiger partial charge < -0.3 is 9.84 Å². The molecule has 0 saturated carbocycles. The Hall–Kier alpha value is -1.33. The molecule has 0 radical (unpaired) electrons. The van der Waals surface area contributed by atoms with Crippen molar-refractivity contribution < 1.29 is 4.52 Å². The summed E-state index contributed by atoms with van der Waals surface area (Å²) >= 11 is 1.72. The van der Waals surface area contributed by atoms with E-state index in [0.717, 1.165) is 24.9 Å². The normalized spacial score (nSPS) is 10.8. The average Bonchev–Trinajstić information content (AvgIpc) is 2.88. The van der Waals surface area contributed by atoms with Crippen molar-refractivity contribution in [2.75, 3.05) is 19.8 Å². The van der Waals surface area contributed by atoms with Crippen molar-refractivity contribution in [3.05, 3.63) is 30.2 Å². The molecule has 4 nitrogen and oxygen atoms in total. The first-order valence-electron chi connectivity index (χ1n) is 5.95. The maximum absolute atomic E-state index is 5.23. The highest BCUT2D eigenvalue weighted by molar-refractivity contribution is 7.98. The summed E-state index contributed by atoms with van der Waals surface area (Å²) in [5.74, 6) is 1.37. The Morgan fingerprint density at radius 3 is 2.72 bits per heavy atom. The molecule has 0 spiro atoms. The minimum Gasteiger partial charge on any atom is -0.339 e. The number of aryl methyl sites for hydroxylation is 1. The molecule has 5 heteroatoms. The van der Waals surface area contributed by atoms with Crippen molar-refractivity contribution in [1.82, 2.24) is 15.5 Å². The van der Waals surface area contributed by atoms with Crippen LogP contribution >= 0.6 is 11.8 Å². The number of hydrogen-bond acceptors (Lipinski definition) is 5. The van der Waals surface area contributed by atoms with Crippen LogP contribution in [0.4, 0.5) is 0 Å². The molecule has 1 aromatic carbocycles. The van der Waals surface area contributed by atoms with E-state index in [9.17, 15) is 0 Å². The third kappa shape index (κ3) is 3.34. The minimum absolute atomic E-state index is 0.669. The second-order valence-corrected chi connectivity index (χ2v) is 4.83. The lowest BCUT2D eigenvalue weighted by Crippen LogP contribution is -2.08. The zero-order valence-corrected chi connectivity index (χ0v) is 11.5. The van der Waals surface area contributed by atoms with E-state index < -0.39 is 0 Å². The molecule has 1 aromatic heterocycles. The van der Waals surface area contributed by atoms with Crippen molar-refractivity contribution in [3.63, 3.8) is 0 Å². The number of nitrogens with one attached hydrogen (secondary N) is 1. The van der Waals surface area contributed by atoms with Gasteiger partial charge in [-0.05, 0) is 50.5 Å². The molecule has 18 heavy (non-hydrogen) atoms. The number of thioether (sulfide) groups is 1. The van der Waals surface area contributed by atoms with Crippen LogP contribution in [-0.4, -0.2) is 30.0 Å². The molecule has 2 aromatic rings. The lowest BCUT2D eigenvalue weighted by Gasteiger charge is -1.97. The van der Waals surface area contributed by atoms with Crippen LogP contribution in [0.15, 0.2) is 33.7 Å². The summed E-state index contributed by atoms with van der Waals surface area (Å²) in [6.07, 6.45) is 3.88. The Bertz CT molecular complexity index is 481. The maximum Gasteiger partial charge on any atom is 0.227 e. The van der Waals surface area contributed by atoms with E-state index >= 15 is 0 Å². The summed E-state index contributed by atoms with van der Waals surface area (Å²) in [4.78, 5) is 5.63. The molecule has 0 saturated heterocycles. The topological polar surface area (TPSA) is 51.0 Å². The molecule has 1 N–H and O–H groups in total. The van der Waals surface area contributed by atoms with Crippen molar-refractivity contribution in [3.8, 4) is 11.4 Å². The second-order valence-electron chi connectivity index (χ2n) is 3.95. The number of nitrogens with zero attached hydrogens (tertiary/aromatic N) is 2. The predicted molar refractivity (Wildman–Crippen MR) is 73.8 cm³/mol. The molecule has 2 rings (SSSR count). The Balaban J connectivity index is 2.04. The zero-order chi connectivity index (χ0) is 12.8. The molecule has 0 fully saturated rings. The van der Waals surface area contributed by atoms with E-state index in [1.165, 1.54) is 4.90 Å². The highest BCUT2D eigenvalue weighted by Crippen LogP contribution is 2.20. The van der Waals surface area contributed by atoms with E-state index in [1.807, 2.05) is 19.2 Å². The molecular weight excluding hydrogens is 246 g/mol. The first-order chi connectivity index (χ1) is 8.83. The summed E-state index contributed by atoms with van der Waals surface area (Å²) in [5.41, 5.74) is 0.997. The van der Waals surface area contributed by atoms with Gasteiger partial charge in [-0.25, -0.2) is 0 Å². The average molecular weight is 263 g/mol. The van der Waals surface area contributed by atoms with Crippen LogP contribution in [0.5, 0.6) is 0 Å². The van der Waals surface area contributed by atoms with Crippen molar-refractivity contribution >= 4 is 11.8 Å². The Morgan fingerprint density at radius 1 is 1.28 bits per heavy atom. The molecule has 0 bridgehead atoms. The summed E-state index contributed by atoms with van der Waals surface area (Å²) in [7, 11) is 1.94. The third-order valence-electron chi connectivity index (χ3n) is 2.63. The van der Waals surface area contributed by atoms with Crippen molar-refractivity contribution in [2.45, 2.75) is 17.7 Å². The fourth-order valence-electron chi connectivity index (χ4n) is 1.63. The molecule has 0 aliphatic heterocycles. The molecule has 96 valence electrons. The summed E-state index contributed by atoms with van der Waals surface area (Å²) in [6.45, 7) is 0.958. The van der Waals surface area contributed by atoms with Gasteiger partial charge in [0.2, 0.25) is 11.7 Å². The van der Waals surface area contributed by atoms with Gasteiger partial charge in [-0.1, -0.05) is 5.16 Å². The fourth-order valence-corrected chi connectivity index (χ4v) is 2.04. The van der Waals surface area contributed by atoms with Crippen LogP contribution < -0.4 is 5.32 Å². The highest BCUT2D eigenvalue weighted by Gasteiger charge is 2.07. The smallest absolute Gasteiger partial charge is 0.227 e. The van der Waals surface area contributed by atoms with Crippen LogP contribution in [0.25, 0.3) is 11.4 Å². The first kappa shape index (κ1) is 13.1. The summed E-state index contributed by atoms with van der Waals surface area (Å²) in [5, 5.41) is 7.10. The lowest BCUT2D eigenvalue weighted by molar-refractivity contribution is 0.375. The van der Waals surface area contributed by atoms with Crippen molar-refractivity contribution in [1.29, 1.82) is 0 Å². The van der Waals surface area contributed by atoms with E-state index in [0.29, 0.717) is 11.7 Å². The van der Waals surface area contributed by atoms with Crippen LogP contribution in [0.1, 0.15) is 12.3 Å². The molecule has 0 unspecified atom stereocenters. The number of benzene rings is 1. The van der Waals surface area contributed by atoms with Crippen LogP contribution in [0.2, 0.25) is 0 Å². The van der Waals surface area contributed by atoms with Gasteiger partial charge in [0.05, 0.1) is 0 Å². The molecule has 0 aliphatic carbocycles. The SMILES string of the molecule is CNCCCc1nc(-c2ccc(SC)cc2)no1. The van der Waals surface area contributed by atoms with Gasteiger partial charge >= 0.3 is 0 Å². The summed E-state index contributed by atoms with van der Waals surface area (Å²) in [6, 6.07) is 8.18. The van der Waals surface area contributed by atoms with Gasteiger partial charge in [0.25, 0.3) is 0 Å². The standard InChI is InChI=1S/C13H17N3OS/c1-14-9-3-4-12-15-13(16-17-12)10-5-7-11(18-2)8-6-10/h5-8,14H,3-4,9H2,1-2H3. The minimum atomic E-state index is 0.669. The Labute approximate surface area is 111 Å². The quantitative estimate of drug-likeness (QED) is 0.641. The van der Waals surface area contributed by atoms with Crippen LogP contribution in [0, 0.1) is 0 Å². The molecule has 0 atom stereocenters. The van der Waals surface area contributed by atoms with Gasteiger partial charge in [-0.2, -0.15) is 4.98 Å². The van der Waals surface area contributed by atoms with E-state index in [-0.39, 0.29) is 0 Å². The largest absolute Gasteiger partial charge is 0.339 e. The molecule has 1 heterocycles. The Kier molecular flexibility index (Phi) is 4.78. The van der Waals surface area contributed by atoms with Gasteiger partial charge in [0, 0.05) is 16.9 Å². The number of rotatable bonds is 6. The third-order valence-corrected chi connectivity index (χ3v) is 3.38. The zero-order valence-electron chi connectivity index (χ0n) is 10.6. The summed E-state index contributed by atoms with van der Waals surface area (Å²) < 4.78 is 5.23. The lowest BCUT2D eigenvalue weighted by atomic mass is 10.2. The second kappa shape index (κ2) is 6.56. The molecule has 0 aliphatic rings. The monoisotopic (exact) mass is 263 g/mol. The number of hydrogen-bond donors (Lipinski definition) is 1. The van der Waals surface area contributed by atoms with Gasteiger partial charge in [-0.3, -0.25) is 0 Å². The van der Waals surface area contributed by atoms with Gasteiger partial charge in [-0.15, -0.1) is 11.8 Å². The van der Waals surface area contributed by atoms with Gasteiger partial charge in [0.15, 0.2) is 0 Å². The van der Waals surface area contributed by atoms with Crippen LogP contribution in [-0.2, 0) is 6.42 Å². The van der Waals surface area contributed by atoms with Crippen LogP contribution in [0.3, 0.4) is 0 Å². The Morgan fingerprint density at radius 2 is 2.06 bits per heavy atom.